The number of ether oxygens (including phenoxy) is 1. The van der Waals surface area contributed by atoms with Crippen LogP contribution in [0.4, 0.5) is 10.5 Å². The standard InChI is InChI=1S/C30H44N6O8S/c1-19(2)26(35-24(38)9-5-4-6-15-36-25(39)16-23(45-3)29(36)42)28(41)34-22(8-7-14-32-30(31)43)27(40)33-21-12-10-20(11-13-21)17-44-18-37/h10-13,18-19,22-23,26H,4-9,14-17H2,1-3H3,(H,33,40)(H,34,41)(H,35,38)(H3,31,32,43)/t22-,23?,26?/m0/s1. The lowest BCUT2D eigenvalue weighted by atomic mass is 10.0. The molecule has 0 bridgehead atoms. The Morgan fingerprint density at radius 2 is 1.76 bits per heavy atom. The van der Waals surface area contributed by atoms with Crippen molar-refractivity contribution >= 4 is 59.5 Å². The topological polar surface area (TPSA) is 206 Å². The van der Waals surface area contributed by atoms with Crippen molar-refractivity contribution in [2.45, 2.75) is 82.7 Å². The summed E-state index contributed by atoms with van der Waals surface area (Å²) in [7, 11) is 0. The molecule has 2 rings (SSSR count). The smallest absolute Gasteiger partial charge is 0.312 e. The van der Waals surface area contributed by atoms with E-state index in [1.54, 1.807) is 44.4 Å². The zero-order valence-corrected chi connectivity index (χ0v) is 26.8. The molecule has 1 aliphatic heterocycles. The van der Waals surface area contributed by atoms with Gasteiger partial charge >= 0.3 is 6.03 Å². The number of primary amides is 1. The number of nitrogens with two attached hydrogens (primary N) is 1. The first-order chi connectivity index (χ1) is 21.5. The van der Waals surface area contributed by atoms with Gasteiger partial charge in [-0.15, -0.1) is 0 Å². The summed E-state index contributed by atoms with van der Waals surface area (Å²) in [6.45, 7) is 4.50. The lowest BCUT2D eigenvalue weighted by molar-refractivity contribution is -0.138. The number of anilines is 1. The minimum absolute atomic E-state index is 0.0882. The Bertz CT molecular complexity index is 1200. The Hall–Kier alpha value is -4.14. The molecule has 45 heavy (non-hydrogen) atoms. The molecule has 1 heterocycles. The molecule has 248 valence electrons. The monoisotopic (exact) mass is 648 g/mol. The molecule has 0 aliphatic carbocycles. The van der Waals surface area contributed by atoms with Crippen LogP contribution in [-0.2, 0) is 40.1 Å². The number of thioether (sulfide) groups is 1. The number of carbonyl (C=O) groups excluding carboxylic acids is 7. The van der Waals surface area contributed by atoms with Crippen molar-refractivity contribution in [3.05, 3.63) is 29.8 Å². The number of carbonyl (C=O) groups is 7. The van der Waals surface area contributed by atoms with Gasteiger partial charge in [-0.1, -0.05) is 32.4 Å². The van der Waals surface area contributed by atoms with Crippen molar-refractivity contribution in [2.24, 2.45) is 11.7 Å². The van der Waals surface area contributed by atoms with Gasteiger partial charge in [0.15, 0.2) is 0 Å². The second kappa shape index (κ2) is 19.3. The van der Waals surface area contributed by atoms with E-state index in [9.17, 15) is 33.6 Å². The molecule has 0 saturated carbocycles. The van der Waals surface area contributed by atoms with Gasteiger partial charge in [-0.05, 0) is 55.6 Å². The normalized spacial score (nSPS) is 15.7. The highest BCUT2D eigenvalue weighted by molar-refractivity contribution is 8.00. The fourth-order valence-corrected chi connectivity index (χ4v) is 5.31. The zero-order chi connectivity index (χ0) is 33.4. The van der Waals surface area contributed by atoms with Crippen LogP contribution in [0.25, 0.3) is 0 Å². The molecule has 15 heteroatoms. The number of likely N-dealkylation sites (tertiary alicyclic amines) is 1. The quantitative estimate of drug-likeness (QED) is 0.0786. The van der Waals surface area contributed by atoms with E-state index in [1.165, 1.54) is 16.7 Å². The van der Waals surface area contributed by atoms with E-state index >= 15 is 0 Å². The summed E-state index contributed by atoms with van der Waals surface area (Å²) < 4.78 is 4.72. The summed E-state index contributed by atoms with van der Waals surface area (Å²) >= 11 is 1.37. The van der Waals surface area contributed by atoms with Crippen molar-refractivity contribution in [1.29, 1.82) is 0 Å². The second-order valence-electron chi connectivity index (χ2n) is 11.0. The molecule has 0 radical (unpaired) electrons. The van der Waals surface area contributed by atoms with Crippen molar-refractivity contribution in [3.8, 4) is 0 Å². The number of hydrogen-bond donors (Lipinski definition) is 5. The summed E-state index contributed by atoms with van der Waals surface area (Å²) in [6, 6.07) is 4.04. The van der Waals surface area contributed by atoms with Gasteiger partial charge in [-0.3, -0.25) is 33.7 Å². The molecule has 1 aromatic carbocycles. The third kappa shape index (κ3) is 12.8. The summed E-state index contributed by atoms with van der Waals surface area (Å²) in [5.41, 5.74) is 6.30. The van der Waals surface area contributed by atoms with Crippen LogP contribution in [0.15, 0.2) is 24.3 Å². The second-order valence-corrected chi connectivity index (χ2v) is 12.0. The Kier molecular flexibility index (Phi) is 15.9. The third-order valence-electron chi connectivity index (χ3n) is 7.18. The summed E-state index contributed by atoms with van der Waals surface area (Å²) in [6.07, 6.45) is 4.42. The minimum atomic E-state index is -0.981. The number of rotatable bonds is 20. The summed E-state index contributed by atoms with van der Waals surface area (Å²) in [5.74, 6) is -1.97. The average Bonchev–Trinajstić information content (AvgIpc) is 3.28. The lowest BCUT2D eigenvalue weighted by Gasteiger charge is -2.25. The number of urea groups is 1. The zero-order valence-electron chi connectivity index (χ0n) is 26.0. The molecule has 14 nitrogen and oxygen atoms in total. The van der Waals surface area contributed by atoms with Gasteiger partial charge in [0.1, 0.15) is 18.7 Å². The fraction of sp³-hybridized carbons (Fsp3) is 0.567. The third-order valence-corrected chi connectivity index (χ3v) is 8.12. The highest BCUT2D eigenvalue weighted by atomic mass is 32.2. The molecular formula is C30H44N6O8S. The van der Waals surface area contributed by atoms with Crippen molar-refractivity contribution in [2.75, 3.05) is 24.7 Å². The maximum atomic E-state index is 13.3. The number of benzene rings is 1. The van der Waals surface area contributed by atoms with E-state index in [1.807, 2.05) is 0 Å². The van der Waals surface area contributed by atoms with Gasteiger partial charge < -0.3 is 31.7 Å². The van der Waals surface area contributed by atoms with Gasteiger partial charge in [0.25, 0.3) is 6.47 Å². The van der Waals surface area contributed by atoms with Gasteiger partial charge in [0.2, 0.25) is 29.5 Å². The molecular weight excluding hydrogens is 604 g/mol. The van der Waals surface area contributed by atoms with E-state index in [0.29, 0.717) is 44.4 Å². The molecule has 1 saturated heterocycles. The largest absolute Gasteiger partial charge is 0.463 e. The van der Waals surface area contributed by atoms with Gasteiger partial charge in [-0.2, -0.15) is 11.8 Å². The van der Waals surface area contributed by atoms with Crippen molar-refractivity contribution in [3.63, 3.8) is 0 Å². The molecule has 7 amide bonds. The molecule has 6 N–H and O–H groups in total. The van der Waals surface area contributed by atoms with Crippen LogP contribution in [0.3, 0.4) is 0 Å². The number of imide groups is 1. The van der Waals surface area contributed by atoms with E-state index < -0.39 is 29.9 Å². The first-order valence-corrected chi connectivity index (χ1v) is 16.2. The first-order valence-electron chi connectivity index (χ1n) is 14.9. The van der Waals surface area contributed by atoms with Gasteiger partial charge in [0, 0.05) is 31.6 Å². The van der Waals surface area contributed by atoms with Crippen LogP contribution in [0.5, 0.6) is 0 Å². The molecule has 2 unspecified atom stereocenters. The van der Waals surface area contributed by atoms with Crippen LogP contribution in [0, 0.1) is 5.92 Å². The predicted molar refractivity (Wildman–Crippen MR) is 169 cm³/mol. The molecule has 1 aromatic rings. The number of nitrogens with zero attached hydrogens (tertiary/aromatic N) is 1. The van der Waals surface area contributed by atoms with Crippen molar-refractivity contribution in [1.82, 2.24) is 20.9 Å². The van der Waals surface area contributed by atoms with E-state index in [4.69, 9.17) is 10.5 Å². The van der Waals surface area contributed by atoms with E-state index in [-0.39, 0.29) is 61.3 Å². The Labute approximate surface area is 267 Å². The van der Waals surface area contributed by atoms with Gasteiger partial charge in [0.05, 0.1) is 5.25 Å². The van der Waals surface area contributed by atoms with Crippen LogP contribution in [0.1, 0.15) is 64.4 Å². The fourth-order valence-electron chi connectivity index (χ4n) is 4.68. The van der Waals surface area contributed by atoms with E-state index in [2.05, 4.69) is 21.3 Å². The molecule has 1 fully saturated rings. The van der Waals surface area contributed by atoms with Gasteiger partial charge in [-0.25, -0.2) is 4.79 Å². The highest BCUT2D eigenvalue weighted by Gasteiger charge is 2.37. The highest BCUT2D eigenvalue weighted by Crippen LogP contribution is 2.23. The van der Waals surface area contributed by atoms with Crippen LogP contribution >= 0.6 is 11.8 Å². The number of nitrogens with one attached hydrogen (secondary N) is 4. The summed E-state index contributed by atoms with van der Waals surface area (Å²) in [5, 5.41) is 10.4. The predicted octanol–water partition coefficient (Wildman–Crippen LogP) is 1.42. The molecule has 1 aliphatic rings. The summed E-state index contributed by atoms with van der Waals surface area (Å²) in [4.78, 5) is 86.2. The average molecular weight is 649 g/mol. The maximum absolute atomic E-state index is 13.3. The minimum Gasteiger partial charge on any atom is -0.463 e. The molecule has 0 aromatic heterocycles. The van der Waals surface area contributed by atoms with Crippen molar-refractivity contribution < 1.29 is 38.3 Å². The number of amides is 7. The number of unbranched alkanes of at least 4 members (excludes halogenated alkanes) is 2. The van der Waals surface area contributed by atoms with Crippen LogP contribution in [-0.4, -0.2) is 83.6 Å². The maximum Gasteiger partial charge on any atom is 0.312 e. The molecule has 3 atom stereocenters. The van der Waals surface area contributed by atoms with E-state index in [0.717, 1.165) is 5.56 Å². The Balaban J connectivity index is 1.92. The Morgan fingerprint density at radius 1 is 1.04 bits per heavy atom. The van der Waals surface area contributed by atoms with Crippen LogP contribution in [0.2, 0.25) is 0 Å². The molecule has 0 spiro atoms. The SMILES string of the molecule is CSC1CC(=O)N(CCCCCC(=O)NC(C(=O)N[C@@H](CCCNC(N)=O)C(=O)Nc2ccc(COC=O)cc2)C(C)C)C1=O. The van der Waals surface area contributed by atoms with Crippen LogP contribution < -0.4 is 27.0 Å². The first kappa shape index (κ1) is 37.0. The Morgan fingerprint density at radius 3 is 2.36 bits per heavy atom. The lowest BCUT2D eigenvalue weighted by Crippen LogP contribution is -2.54. The number of hydrogen-bond acceptors (Lipinski definition) is 9.